The van der Waals surface area contributed by atoms with Crippen LogP contribution in [0.25, 0.3) is 0 Å². The van der Waals surface area contributed by atoms with Gasteiger partial charge in [0, 0.05) is 6.54 Å². The number of halogens is 2. The van der Waals surface area contributed by atoms with Crippen molar-refractivity contribution in [3.8, 4) is 0 Å². The summed E-state index contributed by atoms with van der Waals surface area (Å²) in [6.07, 6.45) is -0.754. The molecule has 1 rings (SSSR count). The minimum atomic E-state index is -0.754. The van der Waals surface area contributed by atoms with E-state index in [2.05, 4.69) is 0 Å². The maximum Gasteiger partial charge on any atom is 0.0913 e. The van der Waals surface area contributed by atoms with E-state index in [1.807, 2.05) is 0 Å². The zero-order valence-electron chi connectivity index (χ0n) is 6.80. The molecule has 0 unspecified atom stereocenters. The van der Waals surface area contributed by atoms with Crippen molar-refractivity contribution in [3.05, 3.63) is 27.7 Å². The summed E-state index contributed by atoms with van der Waals surface area (Å²) in [4.78, 5) is 0. The first-order valence-electron chi connectivity index (χ1n) is 3.68. The lowest BCUT2D eigenvalue weighted by Crippen LogP contribution is -2.11. The Kier molecular flexibility index (Phi) is 3.39. The number of nitrogen functional groups attached to an aromatic ring is 1. The van der Waals surface area contributed by atoms with Crippen LogP contribution in [0, 0.1) is 0 Å². The Hall–Kier alpha value is -0.480. The minimum Gasteiger partial charge on any atom is -0.396 e. The topological polar surface area (TPSA) is 72.3 Å². The third-order valence-electron chi connectivity index (χ3n) is 1.71. The summed E-state index contributed by atoms with van der Waals surface area (Å²) in [7, 11) is 0. The van der Waals surface area contributed by atoms with Crippen molar-refractivity contribution in [1.29, 1.82) is 0 Å². The highest BCUT2D eigenvalue weighted by Gasteiger charge is 2.10. The average Bonchev–Trinajstić information content (AvgIpc) is 2.12. The highest BCUT2D eigenvalue weighted by Crippen LogP contribution is 2.30. The number of aliphatic hydroxyl groups excluding tert-OH is 1. The Balaban J connectivity index is 3.13. The van der Waals surface area contributed by atoms with Gasteiger partial charge in [-0.05, 0) is 17.7 Å². The van der Waals surface area contributed by atoms with E-state index < -0.39 is 6.10 Å². The van der Waals surface area contributed by atoms with Gasteiger partial charge < -0.3 is 16.6 Å². The Bertz CT molecular complexity index is 294. The van der Waals surface area contributed by atoms with E-state index >= 15 is 0 Å². The second-order valence-corrected chi connectivity index (χ2v) is 3.46. The van der Waals surface area contributed by atoms with Gasteiger partial charge >= 0.3 is 0 Å². The van der Waals surface area contributed by atoms with E-state index in [1.165, 1.54) is 0 Å². The van der Waals surface area contributed by atoms with Crippen LogP contribution >= 0.6 is 23.2 Å². The van der Waals surface area contributed by atoms with Crippen molar-refractivity contribution in [3.63, 3.8) is 0 Å². The zero-order valence-corrected chi connectivity index (χ0v) is 8.31. The molecule has 1 atom stereocenters. The quantitative estimate of drug-likeness (QED) is 0.663. The Morgan fingerprint density at radius 1 is 1.31 bits per heavy atom. The number of rotatable bonds is 2. The molecule has 0 fully saturated rings. The fraction of sp³-hybridized carbons (Fsp3) is 0.250. The summed E-state index contributed by atoms with van der Waals surface area (Å²) in [6.45, 7) is 0.122. The van der Waals surface area contributed by atoms with Crippen molar-refractivity contribution >= 4 is 28.9 Å². The van der Waals surface area contributed by atoms with Gasteiger partial charge in [-0.1, -0.05) is 23.2 Å². The van der Waals surface area contributed by atoms with Crippen LogP contribution in [0.1, 0.15) is 11.7 Å². The van der Waals surface area contributed by atoms with Gasteiger partial charge in [0.25, 0.3) is 0 Å². The summed E-state index contributed by atoms with van der Waals surface area (Å²) in [5, 5.41) is 10.0. The molecule has 0 amide bonds. The summed E-state index contributed by atoms with van der Waals surface area (Å²) in [6, 6.07) is 3.11. The molecule has 0 aliphatic rings. The van der Waals surface area contributed by atoms with E-state index in [-0.39, 0.29) is 6.54 Å². The van der Waals surface area contributed by atoms with Crippen LogP contribution in [0.4, 0.5) is 5.69 Å². The van der Waals surface area contributed by atoms with Crippen LogP contribution in [-0.4, -0.2) is 11.7 Å². The highest BCUT2D eigenvalue weighted by atomic mass is 35.5. The van der Waals surface area contributed by atoms with Crippen molar-refractivity contribution in [2.24, 2.45) is 5.73 Å². The number of benzene rings is 1. The Morgan fingerprint density at radius 3 is 2.15 bits per heavy atom. The van der Waals surface area contributed by atoms with Gasteiger partial charge in [0.2, 0.25) is 0 Å². The van der Waals surface area contributed by atoms with Gasteiger partial charge in [0.1, 0.15) is 0 Å². The molecule has 0 aliphatic carbocycles. The molecule has 0 heterocycles. The SMILES string of the molecule is NC[C@H](O)c1cc(Cl)c(N)c(Cl)c1. The molecule has 0 radical (unpaired) electrons. The first-order valence-corrected chi connectivity index (χ1v) is 4.44. The van der Waals surface area contributed by atoms with Crippen molar-refractivity contribution in [1.82, 2.24) is 0 Å². The molecule has 0 aliphatic heterocycles. The molecule has 0 bridgehead atoms. The number of hydrogen-bond donors (Lipinski definition) is 3. The van der Waals surface area contributed by atoms with Crippen LogP contribution in [-0.2, 0) is 0 Å². The predicted molar refractivity (Wildman–Crippen MR) is 54.9 cm³/mol. The van der Waals surface area contributed by atoms with Crippen LogP contribution in [0.15, 0.2) is 12.1 Å². The molecule has 0 aromatic heterocycles. The standard InChI is InChI=1S/C8H10Cl2N2O/c9-5-1-4(7(13)3-11)2-6(10)8(5)12/h1-2,7,13H,3,11-12H2/t7-/m0/s1. The van der Waals surface area contributed by atoms with E-state index in [0.29, 0.717) is 21.3 Å². The molecular weight excluding hydrogens is 211 g/mol. The third-order valence-corrected chi connectivity index (χ3v) is 2.33. The fourth-order valence-corrected chi connectivity index (χ4v) is 1.44. The van der Waals surface area contributed by atoms with Crippen LogP contribution < -0.4 is 11.5 Å². The van der Waals surface area contributed by atoms with Crippen molar-refractivity contribution in [2.45, 2.75) is 6.10 Å². The monoisotopic (exact) mass is 220 g/mol. The minimum absolute atomic E-state index is 0.122. The van der Waals surface area contributed by atoms with Crippen molar-refractivity contribution in [2.75, 3.05) is 12.3 Å². The Morgan fingerprint density at radius 2 is 1.77 bits per heavy atom. The van der Waals surface area contributed by atoms with Gasteiger partial charge in [-0.15, -0.1) is 0 Å². The Labute approximate surface area is 86.2 Å². The van der Waals surface area contributed by atoms with E-state index in [0.717, 1.165) is 0 Å². The van der Waals surface area contributed by atoms with Crippen molar-refractivity contribution < 1.29 is 5.11 Å². The van der Waals surface area contributed by atoms with E-state index in [4.69, 9.17) is 34.7 Å². The molecule has 0 spiro atoms. The molecule has 5 heteroatoms. The predicted octanol–water partition coefficient (Wildman–Crippen LogP) is 1.57. The maximum atomic E-state index is 9.39. The molecule has 1 aromatic carbocycles. The normalized spacial score (nSPS) is 12.9. The largest absolute Gasteiger partial charge is 0.396 e. The lowest BCUT2D eigenvalue weighted by Gasteiger charge is -2.10. The second kappa shape index (κ2) is 4.15. The molecule has 0 saturated heterocycles. The molecule has 1 aromatic rings. The van der Waals surface area contributed by atoms with Gasteiger partial charge in [0.15, 0.2) is 0 Å². The average molecular weight is 221 g/mol. The third kappa shape index (κ3) is 2.25. The lowest BCUT2D eigenvalue weighted by atomic mass is 10.1. The molecule has 3 nitrogen and oxygen atoms in total. The number of anilines is 1. The maximum absolute atomic E-state index is 9.39. The fourth-order valence-electron chi connectivity index (χ4n) is 0.932. The van der Waals surface area contributed by atoms with E-state index in [9.17, 15) is 5.11 Å². The summed E-state index contributed by atoms with van der Waals surface area (Å²) >= 11 is 11.5. The van der Waals surface area contributed by atoms with Gasteiger partial charge in [-0.2, -0.15) is 0 Å². The second-order valence-electron chi connectivity index (χ2n) is 2.65. The number of aliphatic hydroxyl groups is 1. The first-order chi connectivity index (χ1) is 6.06. The zero-order chi connectivity index (χ0) is 10.0. The summed E-state index contributed by atoms with van der Waals surface area (Å²) in [5.41, 5.74) is 11.7. The summed E-state index contributed by atoms with van der Waals surface area (Å²) < 4.78 is 0. The van der Waals surface area contributed by atoms with Crippen LogP contribution in [0.3, 0.4) is 0 Å². The molecule has 72 valence electrons. The van der Waals surface area contributed by atoms with Gasteiger partial charge in [-0.3, -0.25) is 0 Å². The van der Waals surface area contributed by atoms with Gasteiger partial charge in [0.05, 0.1) is 21.8 Å². The van der Waals surface area contributed by atoms with Crippen LogP contribution in [0.5, 0.6) is 0 Å². The smallest absolute Gasteiger partial charge is 0.0913 e. The molecule has 13 heavy (non-hydrogen) atoms. The van der Waals surface area contributed by atoms with E-state index in [1.54, 1.807) is 12.1 Å². The highest BCUT2D eigenvalue weighted by molar-refractivity contribution is 6.38. The number of hydrogen-bond acceptors (Lipinski definition) is 3. The lowest BCUT2D eigenvalue weighted by molar-refractivity contribution is 0.187. The molecule has 0 saturated carbocycles. The summed E-state index contributed by atoms with van der Waals surface area (Å²) in [5.74, 6) is 0. The molecular formula is C8H10Cl2N2O. The van der Waals surface area contributed by atoms with Crippen LogP contribution in [0.2, 0.25) is 10.0 Å². The first kappa shape index (κ1) is 10.6. The van der Waals surface area contributed by atoms with Gasteiger partial charge in [-0.25, -0.2) is 0 Å². The number of nitrogens with two attached hydrogens (primary N) is 2. The molecule has 5 N–H and O–H groups in total.